The fourth-order valence-electron chi connectivity index (χ4n) is 6.36. The summed E-state index contributed by atoms with van der Waals surface area (Å²) in [4.78, 5) is 25.0. The third-order valence-corrected chi connectivity index (χ3v) is 9.54. The van der Waals surface area contributed by atoms with E-state index < -0.39 is 0 Å². The highest BCUT2D eigenvalue weighted by Gasteiger charge is 2.17. The molecule has 0 aromatic rings. The summed E-state index contributed by atoms with van der Waals surface area (Å²) in [6.45, 7) is 9.93. The summed E-state index contributed by atoms with van der Waals surface area (Å²) >= 11 is 0. The van der Waals surface area contributed by atoms with Gasteiger partial charge in [0.1, 0.15) is 0 Å². The van der Waals surface area contributed by atoms with Gasteiger partial charge in [0.05, 0.1) is 33.5 Å². The number of hydrogen-bond acceptors (Lipinski definition) is 9. The van der Waals surface area contributed by atoms with Gasteiger partial charge < -0.3 is 34.1 Å². The zero-order valence-electron chi connectivity index (χ0n) is 32.4. The molecule has 9 heteroatoms. The summed E-state index contributed by atoms with van der Waals surface area (Å²) in [6.07, 6.45) is 23.2. The first-order valence-corrected chi connectivity index (χ1v) is 20.2. The first kappa shape index (κ1) is 47.7. The zero-order valence-corrected chi connectivity index (χ0v) is 32.4. The molecule has 0 aliphatic carbocycles. The number of methoxy groups -OCH3 is 2. The second-order valence-electron chi connectivity index (χ2n) is 14.1. The minimum absolute atomic E-state index is 0.146. The number of carbonyl (C=O) groups is 2. The molecule has 0 aromatic carbocycles. The first-order chi connectivity index (χ1) is 23.9. The predicted molar refractivity (Wildman–Crippen MR) is 200 cm³/mol. The molecule has 0 aliphatic rings. The molecule has 0 unspecified atom stereocenters. The maximum absolute atomic E-state index is 11.3. The van der Waals surface area contributed by atoms with Crippen LogP contribution in [-0.4, -0.2) is 100 Å². The average Bonchev–Trinajstić information content (AvgIpc) is 3.10. The van der Waals surface area contributed by atoms with Gasteiger partial charge in [-0.3, -0.25) is 9.59 Å². The lowest BCUT2D eigenvalue weighted by Gasteiger charge is -2.27. The monoisotopic (exact) mass is 702 g/mol. The third kappa shape index (κ3) is 32.4. The fraction of sp³-hybridized carbons (Fsp3) is 0.950. The Balaban J connectivity index is 4.73. The van der Waals surface area contributed by atoms with E-state index >= 15 is 0 Å². The van der Waals surface area contributed by atoms with Crippen LogP contribution in [0, 0.1) is 11.8 Å². The van der Waals surface area contributed by atoms with Crippen molar-refractivity contribution < 1.29 is 38.7 Å². The van der Waals surface area contributed by atoms with E-state index in [1.165, 1.54) is 72.0 Å². The molecule has 0 aliphatic heterocycles. The second-order valence-corrected chi connectivity index (χ2v) is 14.1. The van der Waals surface area contributed by atoms with Gasteiger partial charge in [0.2, 0.25) is 0 Å². The molecule has 0 fully saturated rings. The molecule has 0 spiro atoms. The lowest BCUT2D eigenvalue weighted by molar-refractivity contribution is -0.141. The average molecular weight is 702 g/mol. The fourth-order valence-corrected chi connectivity index (χ4v) is 6.36. The van der Waals surface area contributed by atoms with Gasteiger partial charge in [0.25, 0.3) is 0 Å². The van der Waals surface area contributed by atoms with Crippen LogP contribution < -0.4 is 0 Å². The zero-order chi connectivity index (χ0) is 36.2. The van der Waals surface area contributed by atoms with Gasteiger partial charge in [-0.25, -0.2) is 0 Å². The molecule has 0 aromatic heterocycles. The molecule has 0 bridgehead atoms. The SMILES string of the molecule is CCCCCC(CCCCC)CCN(CCCO)C[C@H](O)CCCC(COCCCCCCC(=O)OC)COCCCCCCC(=O)OC. The summed E-state index contributed by atoms with van der Waals surface area (Å²) < 4.78 is 21.6. The van der Waals surface area contributed by atoms with Crippen LogP contribution in [0.3, 0.4) is 0 Å². The largest absolute Gasteiger partial charge is 0.469 e. The standard InChI is InChI=1S/C40H79NO8/c1-5-7-13-21-36(22-14-8-6-2)27-29-41(28-20-30-42)33-38(43)24-19-23-37(34-48-31-17-11-9-15-25-39(44)46-3)35-49-32-18-12-10-16-26-40(45)47-4/h36-38,42-43H,5-35H2,1-4H3/t38-/m1/s1. The first-order valence-electron chi connectivity index (χ1n) is 20.2. The Bertz CT molecular complexity index is 682. The molecule has 0 saturated heterocycles. The number of hydrogen-bond donors (Lipinski definition) is 2. The van der Waals surface area contributed by atoms with Crippen molar-refractivity contribution in [3.05, 3.63) is 0 Å². The van der Waals surface area contributed by atoms with Crippen molar-refractivity contribution >= 4 is 11.9 Å². The number of aliphatic hydroxyl groups is 2. The number of nitrogens with zero attached hydrogens (tertiary/aromatic N) is 1. The molecule has 1 atom stereocenters. The Labute approximate surface area is 301 Å². The summed E-state index contributed by atoms with van der Waals surface area (Å²) in [5.41, 5.74) is 0. The van der Waals surface area contributed by atoms with E-state index in [2.05, 4.69) is 18.7 Å². The molecule has 2 N–H and O–H groups in total. The maximum Gasteiger partial charge on any atom is 0.305 e. The number of ether oxygens (including phenoxy) is 4. The van der Waals surface area contributed by atoms with Crippen molar-refractivity contribution in [1.29, 1.82) is 0 Å². The van der Waals surface area contributed by atoms with Crippen molar-refractivity contribution in [2.45, 2.75) is 168 Å². The Hall–Kier alpha value is -1.26. The topological polar surface area (TPSA) is 115 Å². The van der Waals surface area contributed by atoms with Gasteiger partial charge in [-0.05, 0) is 63.8 Å². The van der Waals surface area contributed by atoms with Crippen LogP contribution in [0.1, 0.15) is 162 Å². The van der Waals surface area contributed by atoms with Gasteiger partial charge in [-0.1, -0.05) is 97.3 Å². The van der Waals surface area contributed by atoms with Gasteiger partial charge in [0.15, 0.2) is 0 Å². The molecule has 0 heterocycles. The van der Waals surface area contributed by atoms with E-state index in [9.17, 15) is 19.8 Å². The highest BCUT2D eigenvalue weighted by Crippen LogP contribution is 2.22. The van der Waals surface area contributed by atoms with Crippen molar-refractivity contribution in [3.8, 4) is 0 Å². The minimum Gasteiger partial charge on any atom is -0.469 e. The number of aliphatic hydroxyl groups excluding tert-OH is 2. The van der Waals surface area contributed by atoms with E-state index in [1.54, 1.807) is 0 Å². The van der Waals surface area contributed by atoms with Crippen molar-refractivity contribution in [1.82, 2.24) is 4.90 Å². The molecule has 9 nitrogen and oxygen atoms in total. The number of carbonyl (C=O) groups excluding carboxylic acids is 2. The normalized spacial score (nSPS) is 12.3. The van der Waals surface area contributed by atoms with Crippen LogP contribution in [0.25, 0.3) is 0 Å². The highest BCUT2D eigenvalue weighted by molar-refractivity contribution is 5.69. The van der Waals surface area contributed by atoms with E-state index in [4.69, 9.17) is 18.9 Å². The van der Waals surface area contributed by atoms with Crippen molar-refractivity contribution in [3.63, 3.8) is 0 Å². The number of unbranched alkanes of at least 4 members (excludes halogenated alkanes) is 10. The highest BCUT2D eigenvalue weighted by atomic mass is 16.5. The van der Waals surface area contributed by atoms with Crippen molar-refractivity contribution in [2.75, 3.05) is 66.9 Å². The van der Waals surface area contributed by atoms with Gasteiger partial charge in [-0.15, -0.1) is 0 Å². The Morgan fingerprint density at radius 1 is 0.571 bits per heavy atom. The number of rotatable bonds is 38. The van der Waals surface area contributed by atoms with Crippen LogP contribution in [-0.2, 0) is 28.5 Å². The van der Waals surface area contributed by atoms with Crippen LogP contribution >= 0.6 is 0 Å². The van der Waals surface area contributed by atoms with Crippen LogP contribution in [0.2, 0.25) is 0 Å². The molecular formula is C40H79NO8. The molecule has 292 valence electrons. The van der Waals surface area contributed by atoms with E-state index in [-0.39, 0.29) is 30.6 Å². The van der Waals surface area contributed by atoms with Crippen molar-refractivity contribution in [2.24, 2.45) is 11.8 Å². The third-order valence-electron chi connectivity index (χ3n) is 9.54. The van der Waals surface area contributed by atoms with Crippen LogP contribution in [0.15, 0.2) is 0 Å². The smallest absolute Gasteiger partial charge is 0.305 e. The van der Waals surface area contributed by atoms with E-state index in [1.807, 2.05) is 0 Å². The summed E-state index contributed by atoms with van der Waals surface area (Å²) in [7, 11) is 2.86. The molecular weight excluding hydrogens is 622 g/mol. The summed E-state index contributed by atoms with van der Waals surface area (Å²) in [5.74, 6) is 0.746. The maximum atomic E-state index is 11.3. The van der Waals surface area contributed by atoms with Crippen LogP contribution in [0.5, 0.6) is 0 Å². The van der Waals surface area contributed by atoms with Gasteiger partial charge in [-0.2, -0.15) is 0 Å². The number of esters is 2. The Morgan fingerprint density at radius 3 is 1.57 bits per heavy atom. The lowest BCUT2D eigenvalue weighted by atomic mass is 9.92. The molecule has 0 radical (unpaired) electrons. The van der Waals surface area contributed by atoms with Crippen LogP contribution in [0.4, 0.5) is 0 Å². The predicted octanol–water partition coefficient (Wildman–Crippen LogP) is 8.27. The molecule has 49 heavy (non-hydrogen) atoms. The minimum atomic E-state index is -0.380. The molecule has 0 saturated carbocycles. The lowest BCUT2D eigenvalue weighted by Crippen LogP contribution is -2.35. The summed E-state index contributed by atoms with van der Waals surface area (Å²) in [6, 6.07) is 0. The quantitative estimate of drug-likeness (QED) is 0.0485. The summed E-state index contributed by atoms with van der Waals surface area (Å²) in [5, 5.41) is 20.6. The Morgan fingerprint density at radius 2 is 1.08 bits per heavy atom. The second kappa shape index (κ2) is 36.5. The molecule has 0 amide bonds. The van der Waals surface area contributed by atoms with E-state index in [0.717, 1.165) is 96.1 Å². The Kier molecular flexibility index (Phi) is 35.6. The molecule has 0 rings (SSSR count). The van der Waals surface area contributed by atoms with Gasteiger partial charge in [0, 0.05) is 51.7 Å². The van der Waals surface area contributed by atoms with E-state index in [0.29, 0.717) is 45.8 Å². The van der Waals surface area contributed by atoms with Gasteiger partial charge >= 0.3 is 11.9 Å².